The summed E-state index contributed by atoms with van der Waals surface area (Å²) in [6, 6.07) is 4.29. The quantitative estimate of drug-likeness (QED) is 0.816. The van der Waals surface area contributed by atoms with Crippen LogP contribution >= 0.6 is 23.2 Å². The first-order chi connectivity index (χ1) is 10.6. The van der Waals surface area contributed by atoms with Crippen LogP contribution in [0.15, 0.2) is 18.2 Å². The maximum absolute atomic E-state index is 12.5. The van der Waals surface area contributed by atoms with Crippen LogP contribution in [0.5, 0.6) is 0 Å². The average Bonchev–Trinajstić information content (AvgIpc) is 2.41. The van der Waals surface area contributed by atoms with E-state index in [1.165, 1.54) is 10.4 Å². The van der Waals surface area contributed by atoms with Crippen LogP contribution in [0.4, 0.5) is 0 Å². The summed E-state index contributed by atoms with van der Waals surface area (Å²) >= 11 is 11.7. The summed E-state index contributed by atoms with van der Waals surface area (Å²) in [6.45, 7) is 0.516. The van der Waals surface area contributed by atoms with Gasteiger partial charge < -0.3 is 0 Å². The number of halogens is 2. The van der Waals surface area contributed by atoms with E-state index in [2.05, 4.69) is 4.72 Å². The van der Waals surface area contributed by atoms with Crippen molar-refractivity contribution in [1.82, 2.24) is 9.03 Å². The lowest BCUT2D eigenvalue weighted by atomic mass is 10.1. The second kappa shape index (κ2) is 7.25. The number of hydrogen-bond donors (Lipinski definition) is 1. The standard InChI is InChI=1S/C13H18Cl2N2O4S2/c1-22(18,19)16-11-3-2-6-17(8-11)23(20,21)9-10-4-5-12(14)13(15)7-10/h4-5,7,11,16H,2-3,6,8-9H2,1H3. The van der Waals surface area contributed by atoms with Gasteiger partial charge in [0.2, 0.25) is 20.0 Å². The molecule has 1 unspecified atom stereocenters. The van der Waals surface area contributed by atoms with Crippen LogP contribution in [0.2, 0.25) is 10.0 Å². The van der Waals surface area contributed by atoms with Gasteiger partial charge in [0.1, 0.15) is 0 Å². The normalized spacial score (nSPS) is 20.6. The van der Waals surface area contributed by atoms with Gasteiger partial charge in [0.25, 0.3) is 0 Å². The van der Waals surface area contributed by atoms with E-state index in [4.69, 9.17) is 23.2 Å². The van der Waals surface area contributed by atoms with E-state index in [9.17, 15) is 16.8 Å². The molecule has 0 amide bonds. The van der Waals surface area contributed by atoms with Crippen LogP contribution in [0.3, 0.4) is 0 Å². The lowest BCUT2D eigenvalue weighted by Crippen LogP contribution is -2.49. The Balaban J connectivity index is 2.10. The predicted octanol–water partition coefficient (Wildman–Crippen LogP) is 1.84. The van der Waals surface area contributed by atoms with Gasteiger partial charge >= 0.3 is 0 Å². The van der Waals surface area contributed by atoms with Gasteiger partial charge in [-0.1, -0.05) is 29.3 Å². The molecule has 0 radical (unpaired) electrons. The van der Waals surface area contributed by atoms with E-state index >= 15 is 0 Å². The molecule has 1 aliphatic rings. The van der Waals surface area contributed by atoms with Gasteiger partial charge in [-0.15, -0.1) is 0 Å². The molecule has 130 valence electrons. The number of benzene rings is 1. The summed E-state index contributed by atoms with van der Waals surface area (Å²) in [5.41, 5.74) is 0.539. The number of sulfonamides is 2. The third kappa shape index (κ3) is 5.58. The van der Waals surface area contributed by atoms with Crippen molar-refractivity contribution >= 4 is 43.2 Å². The molecule has 1 fully saturated rings. The van der Waals surface area contributed by atoms with Crippen molar-refractivity contribution in [3.8, 4) is 0 Å². The first-order valence-corrected chi connectivity index (χ1v) is 11.2. The van der Waals surface area contributed by atoms with Gasteiger partial charge in [-0.3, -0.25) is 0 Å². The molecular formula is C13H18Cl2N2O4S2. The van der Waals surface area contributed by atoms with Crippen molar-refractivity contribution in [2.75, 3.05) is 19.3 Å². The number of piperidine rings is 1. The van der Waals surface area contributed by atoms with E-state index in [-0.39, 0.29) is 12.3 Å². The maximum Gasteiger partial charge on any atom is 0.218 e. The molecular weight excluding hydrogens is 383 g/mol. The fraction of sp³-hybridized carbons (Fsp3) is 0.538. The minimum Gasteiger partial charge on any atom is -0.213 e. The van der Waals surface area contributed by atoms with Gasteiger partial charge in [0.05, 0.1) is 22.1 Å². The molecule has 0 spiro atoms. The molecule has 23 heavy (non-hydrogen) atoms. The predicted molar refractivity (Wildman–Crippen MR) is 91.7 cm³/mol. The third-order valence-electron chi connectivity index (χ3n) is 3.49. The SMILES string of the molecule is CS(=O)(=O)NC1CCCN(S(=O)(=O)Cc2ccc(Cl)c(Cl)c2)C1. The smallest absolute Gasteiger partial charge is 0.213 e. The Morgan fingerprint density at radius 1 is 1.22 bits per heavy atom. The summed E-state index contributed by atoms with van der Waals surface area (Å²) in [7, 11) is -6.92. The topological polar surface area (TPSA) is 83.6 Å². The number of nitrogens with one attached hydrogen (secondary N) is 1. The van der Waals surface area contributed by atoms with Gasteiger partial charge in [-0.2, -0.15) is 0 Å². The van der Waals surface area contributed by atoms with Crippen molar-refractivity contribution in [3.63, 3.8) is 0 Å². The Morgan fingerprint density at radius 2 is 1.91 bits per heavy atom. The van der Waals surface area contributed by atoms with E-state index < -0.39 is 26.1 Å². The molecule has 1 heterocycles. The third-order valence-corrected chi connectivity index (χ3v) is 6.81. The summed E-state index contributed by atoms with van der Waals surface area (Å²) < 4.78 is 51.5. The fourth-order valence-corrected chi connectivity index (χ4v) is 5.24. The van der Waals surface area contributed by atoms with Crippen molar-refractivity contribution in [2.24, 2.45) is 0 Å². The summed E-state index contributed by atoms with van der Waals surface area (Å²) in [5, 5.41) is 0.665. The molecule has 10 heteroatoms. The van der Waals surface area contributed by atoms with E-state index in [0.29, 0.717) is 35.0 Å². The van der Waals surface area contributed by atoms with Gasteiger partial charge in [-0.05, 0) is 30.5 Å². The zero-order valence-electron chi connectivity index (χ0n) is 12.5. The first kappa shape index (κ1) is 19.0. The fourth-order valence-electron chi connectivity index (χ4n) is 2.53. The monoisotopic (exact) mass is 400 g/mol. The van der Waals surface area contributed by atoms with Crippen molar-refractivity contribution in [2.45, 2.75) is 24.6 Å². The number of hydrogen-bond acceptors (Lipinski definition) is 4. The van der Waals surface area contributed by atoms with Crippen LogP contribution in [-0.2, 0) is 25.8 Å². The number of rotatable bonds is 5. The van der Waals surface area contributed by atoms with Crippen LogP contribution in [-0.4, -0.2) is 46.5 Å². The zero-order valence-corrected chi connectivity index (χ0v) is 15.6. The largest absolute Gasteiger partial charge is 0.218 e. The minimum absolute atomic E-state index is 0.136. The first-order valence-electron chi connectivity index (χ1n) is 6.96. The van der Waals surface area contributed by atoms with Crippen LogP contribution < -0.4 is 4.72 Å². The highest BCUT2D eigenvalue weighted by Gasteiger charge is 2.30. The molecule has 0 aromatic heterocycles. The molecule has 0 saturated carbocycles. The second-order valence-electron chi connectivity index (χ2n) is 5.59. The molecule has 6 nitrogen and oxygen atoms in total. The van der Waals surface area contributed by atoms with Gasteiger partial charge in [0, 0.05) is 19.1 Å². The molecule has 1 N–H and O–H groups in total. The van der Waals surface area contributed by atoms with Crippen LogP contribution in [0.1, 0.15) is 18.4 Å². The zero-order chi connectivity index (χ0) is 17.3. The van der Waals surface area contributed by atoms with Gasteiger partial charge in [-0.25, -0.2) is 25.9 Å². The Kier molecular flexibility index (Phi) is 5.97. The maximum atomic E-state index is 12.5. The molecule has 0 bridgehead atoms. The van der Waals surface area contributed by atoms with E-state index in [0.717, 1.165) is 6.26 Å². The molecule has 0 aliphatic carbocycles. The van der Waals surface area contributed by atoms with Crippen LogP contribution in [0, 0.1) is 0 Å². The second-order valence-corrected chi connectivity index (χ2v) is 10.2. The molecule has 1 aromatic carbocycles. The molecule has 1 aliphatic heterocycles. The Morgan fingerprint density at radius 3 is 2.52 bits per heavy atom. The van der Waals surface area contributed by atoms with Crippen LogP contribution in [0.25, 0.3) is 0 Å². The van der Waals surface area contributed by atoms with Crippen molar-refractivity contribution in [3.05, 3.63) is 33.8 Å². The summed E-state index contributed by atoms with van der Waals surface area (Å²) in [4.78, 5) is 0. The Hall–Kier alpha value is -0.380. The van der Waals surface area contributed by atoms with Gasteiger partial charge in [0.15, 0.2) is 0 Å². The molecule has 1 saturated heterocycles. The highest BCUT2D eigenvalue weighted by Crippen LogP contribution is 2.25. The van der Waals surface area contributed by atoms with E-state index in [1.54, 1.807) is 12.1 Å². The highest BCUT2D eigenvalue weighted by atomic mass is 35.5. The van der Waals surface area contributed by atoms with E-state index in [1.807, 2.05) is 0 Å². The molecule has 1 aromatic rings. The van der Waals surface area contributed by atoms with Crippen molar-refractivity contribution in [1.29, 1.82) is 0 Å². The average molecular weight is 401 g/mol. The Bertz CT molecular complexity index is 781. The highest BCUT2D eigenvalue weighted by molar-refractivity contribution is 7.89. The number of nitrogens with zero attached hydrogens (tertiary/aromatic N) is 1. The summed E-state index contributed by atoms with van der Waals surface area (Å²) in [5.74, 6) is -0.199. The molecule has 2 rings (SSSR count). The minimum atomic E-state index is -3.56. The summed E-state index contributed by atoms with van der Waals surface area (Å²) in [6.07, 6.45) is 2.29. The lowest BCUT2D eigenvalue weighted by molar-refractivity contribution is 0.303. The van der Waals surface area contributed by atoms with Crippen molar-refractivity contribution < 1.29 is 16.8 Å². The lowest BCUT2D eigenvalue weighted by Gasteiger charge is -2.32. The Labute approximate surface area is 146 Å². The molecule has 1 atom stereocenters.